The van der Waals surface area contributed by atoms with E-state index in [4.69, 9.17) is 14.2 Å². The van der Waals surface area contributed by atoms with Crippen LogP contribution in [0.3, 0.4) is 0 Å². The molecule has 0 radical (unpaired) electrons. The van der Waals surface area contributed by atoms with E-state index in [1.54, 1.807) is 6.92 Å². The lowest BCUT2D eigenvalue weighted by Gasteiger charge is -2.28. The van der Waals surface area contributed by atoms with E-state index in [9.17, 15) is 14.4 Å². The van der Waals surface area contributed by atoms with Gasteiger partial charge in [0.1, 0.15) is 6.04 Å². The van der Waals surface area contributed by atoms with Gasteiger partial charge in [0.05, 0.1) is 13.7 Å². The van der Waals surface area contributed by atoms with Crippen molar-refractivity contribution < 1.29 is 28.6 Å². The normalized spacial score (nSPS) is 12.6. The molecule has 0 bridgehead atoms. The molecule has 0 fully saturated rings. The maximum atomic E-state index is 13.5. The molecule has 0 aliphatic rings. The monoisotopic (exact) mass is 617 g/mol. The SMILES string of the molecule is COc1ccnc(C(=O)N[C@@H](C)C(=O)N[C@@H](C)C(c2cccc(C(C)C)c2)c2cccc(C(C)C)c2)c1OC(=O)OCC(C)C. The lowest BCUT2D eigenvalue weighted by atomic mass is 9.83. The molecule has 2 amide bonds. The Labute approximate surface area is 267 Å². The summed E-state index contributed by atoms with van der Waals surface area (Å²) >= 11 is 0. The fourth-order valence-corrected chi connectivity index (χ4v) is 4.96. The molecule has 0 aliphatic carbocycles. The number of nitrogens with one attached hydrogen (secondary N) is 2. The van der Waals surface area contributed by atoms with Crippen molar-refractivity contribution in [2.75, 3.05) is 13.7 Å². The smallest absolute Gasteiger partial charge is 0.493 e. The van der Waals surface area contributed by atoms with E-state index in [-0.39, 0.29) is 47.6 Å². The third-order valence-corrected chi connectivity index (χ3v) is 7.51. The van der Waals surface area contributed by atoms with E-state index < -0.39 is 18.1 Å². The van der Waals surface area contributed by atoms with Gasteiger partial charge in [0.15, 0.2) is 11.4 Å². The first kappa shape index (κ1) is 35.1. The van der Waals surface area contributed by atoms with E-state index >= 15 is 0 Å². The number of carbonyl (C=O) groups excluding carboxylic acids is 3. The molecule has 1 heterocycles. The van der Waals surface area contributed by atoms with Crippen molar-refractivity contribution in [3.8, 4) is 11.5 Å². The Morgan fingerprint density at radius 1 is 0.778 bits per heavy atom. The van der Waals surface area contributed by atoms with Crippen molar-refractivity contribution in [2.45, 2.75) is 85.2 Å². The highest BCUT2D eigenvalue weighted by atomic mass is 16.7. The predicted molar refractivity (Wildman–Crippen MR) is 175 cm³/mol. The largest absolute Gasteiger partial charge is 0.514 e. The Balaban J connectivity index is 1.83. The van der Waals surface area contributed by atoms with Crippen molar-refractivity contribution >= 4 is 18.0 Å². The molecular formula is C36H47N3O6. The molecule has 0 saturated heterocycles. The quantitative estimate of drug-likeness (QED) is 0.199. The van der Waals surface area contributed by atoms with Crippen LogP contribution in [-0.4, -0.2) is 48.8 Å². The van der Waals surface area contributed by atoms with Gasteiger partial charge in [-0.2, -0.15) is 0 Å². The van der Waals surface area contributed by atoms with Crippen molar-refractivity contribution in [1.82, 2.24) is 15.6 Å². The molecular weight excluding hydrogens is 570 g/mol. The van der Waals surface area contributed by atoms with Gasteiger partial charge >= 0.3 is 6.16 Å². The van der Waals surface area contributed by atoms with Crippen molar-refractivity contribution in [2.24, 2.45) is 5.92 Å². The minimum Gasteiger partial charge on any atom is -0.493 e. The highest BCUT2D eigenvalue weighted by molar-refractivity contribution is 5.99. The van der Waals surface area contributed by atoms with Gasteiger partial charge < -0.3 is 24.8 Å². The number of aromatic nitrogens is 1. The van der Waals surface area contributed by atoms with Gasteiger partial charge in [0.2, 0.25) is 11.7 Å². The summed E-state index contributed by atoms with van der Waals surface area (Å²) in [6, 6.07) is 17.1. The number of hydrogen-bond acceptors (Lipinski definition) is 7. The molecule has 3 aromatic rings. The van der Waals surface area contributed by atoms with Crippen LogP contribution in [0.2, 0.25) is 0 Å². The lowest BCUT2D eigenvalue weighted by Crippen LogP contribution is -2.49. The summed E-state index contributed by atoms with van der Waals surface area (Å²) in [5.74, 6) is -0.487. The number of ether oxygens (including phenoxy) is 3. The highest BCUT2D eigenvalue weighted by Crippen LogP contribution is 2.33. The van der Waals surface area contributed by atoms with Gasteiger partial charge in [0.25, 0.3) is 5.91 Å². The summed E-state index contributed by atoms with van der Waals surface area (Å²) in [7, 11) is 1.38. The van der Waals surface area contributed by atoms with Crippen LogP contribution in [0.15, 0.2) is 60.8 Å². The van der Waals surface area contributed by atoms with Gasteiger partial charge in [-0.3, -0.25) is 9.59 Å². The maximum Gasteiger partial charge on any atom is 0.514 e. The zero-order valence-corrected chi connectivity index (χ0v) is 27.8. The van der Waals surface area contributed by atoms with E-state index in [0.717, 1.165) is 11.1 Å². The van der Waals surface area contributed by atoms with Crippen LogP contribution in [0.1, 0.15) is 106 Å². The molecule has 0 saturated carbocycles. The third-order valence-electron chi connectivity index (χ3n) is 7.51. The molecule has 0 aliphatic heterocycles. The molecule has 0 spiro atoms. The zero-order valence-electron chi connectivity index (χ0n) is 27.8. The Morgan fingerprint density at radius 2 is 1.33 bits per heavy atom. The van der Waals surface area contributed by atoms with Gasteiger partial charge in [-0.25, -0.2) is 9.78 Å². The first-order chi connectivity index (χ1) is 21.3. The van der Waals surface area contributed by atoms with Crippen LogP contribution in [0.25, 0.3) is 0 Å². The number of benzene rings is 2. The zero-order chi connectivity index (χ0) is 33.3. The van der Waals surface area contributed by atoms with Crippen LogP contribution in [0.5, 0.6) is 11.5 Å². The minimum absolute atomic E-state index is 0.0933. The molecule has 9 nitrogen and oxygen atoms in total. The molecule has 0 unspecified atom stereocenters. The molecule has 1 aromatic heterocycles. The number of amides is 2. The molecule has 2 aromatic carbocycles. The van der Waals surface area contributed by atoms with Crippen molar-refractivity contribution in [1.29, 1.82) is 0 Å². The number of pyridine rings is 1. The number of hydrogen-bond donors (Lipinski definition) is 2. The molecule has 3 rings (SSSR count). The number of methoxy groups -OCH3 is 1. The second-order valence-electron chi connectivity index (χ2n) is 12.4. The van der Waals surface area contributed by atoms with Crippen LogP contribution in [0.4, 0.5) is 4.79 Å². The topological polar surface area (TPSA) is 116 Å². The first-order valence-corrected chi connectivity index (χ1v) is 15.5. The number of rotatable bonds is 13. The second kappa shape index (κ2) is 16.1. The molecule has 2 N–H and O–H groups in total. The fourth-order valence-electron chi connectivity index (χ4n) is 4.96. The first-order valence-electron chi connectivity index (χ1n) is 15.5. The van der Waals surface area contributed by atoms with Crippen LogP contribution < -0.4 is 20.1 Å². The highest BCUT2D eigenvalue weighted by Gasteiger charge is 2.28. The fraction of sp³-hybridized carbons (Fsp3) is 0.444. The van der Waals surface area contributed by atoms with E-state index in [0.29, 0.717) is 11.8 Å². The summed E-state index contributed by atoms with van der Waals surface area (Å²) in [6.45, 7) is 16.1. The average Bonchev–Trinajstić information content (AvgIpc) is 3.00. The maximum absolute atomic E-state index is 13.5. The summed E-state index contributed by atoms with van der Waals surface area (Å²) < 4.78 is 15.7. The van der Waals surface area contributed by atoms with E-state index in [1.165, 1.54) is 30.5 Å². The summed E-state index contributed by atoms with van der Waals surface area (Å²) in [4.78, 5) is 43.2. The Hall–Kier alpha value is -4.40. The molecule has 2 atom stereocenters. The van der Waals surface area contributed by atoms with Crippen molar-refractivity contribution in [3.05, 3.63) is 88.7 Å². The lowest BCUT2D eigenvalue weighted by molar-refractivity contribution is -0.123. The summed E-state index contributed by atoms with van der Waals surface area (Å²) in [5, 5.41) is 5.81. The molecule has 9 heteroatoms. The average molecular weight is 618 g/mol. The molecule has 45 heavy (non-hydrogen) atoms. The van der Waals surface area contributed by atoms with E-state index in [1.807, 2.05) is 20.8 Å². The van der Waals surface area contributed by atoms with Gasteiger partial charge in [-0.1, -0.05) is 90.1 Å². The van der Waals surface area contributed by atoms with Crippen LogP contribution in [-0.2, 0) is 9.53 Å². The second-order valence-corrected chi connectivity index (χ2v) is 12.4. The number of nitrogens with zero attached hydrogens (tertiary/aromatic N) is 1. The third kappa shape index (κ3) is 9.54. The minimum atomic E-state index is -0.988. The Bertz CT molecular complexity index is 1420. The number of carbonyl (C=O) groups is 3. The van der Waals surface area contributed by atoms with Gasteiger partial charge in [-0.05, 0) is 53.9 Å². The molecule has 242 valence electrons. The van der Waals surface area contributed by atoms with Crippen LogP contribution >= 0.6 is 0 Å². The van der Waals surface area contributed by atoms with E-state index in [2.05, 4.69) is 91.8 Å². The van der Waals surface area contributed by atoms with Crippen LogP contribution in [0, 0.1) is 5.92 Å². The summed E-state index contributed by atoms with van der Waals surface area (Å²) in [6.07, 6.45) is 0.367. The summed E-state index contributed by atoms with van der Waals surface area (Å²) in [5.41, 5.74) is 4.41. The Kier molecular flexibility index (Phi) is 12.5. The Morgan fingerprint density at radius 3 is 1.84 bits per heavy atom. The van der Waals surface area contributed by atoms with Gasteiger partial charge in [0, 0.05) is 24.2 Å². The van der Waals surface area contributed by atoms with Crippen molar-refractivity contribution in [3.63, 3.8) is 0 Å². The predicted octanol–water partition coefficient (Wildman–Crippen LogP) is 6.96. The standard InChI is InChI=1S/C36H47N3O6/c1-21(2)20-44-36(42)45-33-30(43-9)16-17-37-32(33)35(41)39-25(8)34(40)38-24(7)31(28-14-10-12-26(18-28)22(3)4)29-15-11-13-27(19-29)23(5)6/h10-19,21-25,31H,20H2,1-9H3,(H,38,40)(H,39,41)/t24-,25-/m0/s1. The van der Waals surface area contributed by atoms with Gasteiger partial charge in [-0.15, -0.1) is 0 Å².